The van der Waals surface area contributed by atoms with Gasteiger partial charge in [0.1, 0.15) is 0 Å². The van der Waals surface area contributed by atoms with Crippen LogP contribution in [-0.2, 0) is 0 Å². The normalized spacial score (nSPS) is 17.9. The smallest absolute Gasteiger partial charge is 0.253 e. The van der Waals surface area contributed by atoms with E-state index in [0.717, 1.165) is 37.2 Å². The van der Waals surface area contributed by atoms with Crippen molar-refractivity contribution in [3.8, 4) is 0 Å². The quantitative estimate of drug-likeness (QED) is 0.916. The average Bonchev–Trinajstić information content (AvgIpc) is 2.47. The van der Waals surface area contributed by atoms with Gasteiger partial charge in [0.2, 0.25) is 0 Å². The monoisotopic (exact) mass is 275 g/mol. The number of amides is 1. The van der Waals surface area contributed by atoms with Gasteiger partial charge in [-0.25, -0.2) is 0 Å². The number of likely N-dealkylation sites (tertiary alicyclic amines) is 1. The van der Waals surface area contributed by atoms with Crippen molar-refractivity contribution in [2.45, 2.75) is 25.3 Å². The number of carbonyl (C=O) groups is 1. The molecule has 0 aliphatic carbocycles. The molecule has 0 radical (unpaired) electrons. The highest BCUT2D eigenvalue weighted by Gasteiger charge is 2.30. The number of nitrogens with zero attached hydrogens (tertiary/aromatic N) is 2. The van der Waals surface area contributed by atoms with Gasteiger partial charge in [0, 0.05) is 44.0 Å². The third-order valence-electron chi connectivity index (χ3n) is 4.39. The Hall–Kier alpha value is -1.55. The van der Waals surface area contributed by atoms with Crippen LogP contribution in [0.1, 0.15) is 30.1 Å². The molecular formula is C16H25N3O. The van der Waals surface area contributed by atoms with Gasteiger partial charge in [0.05, 0.1) is 0 Å². The maximum absolute atomic E-state index is 12.5. The van der Waals surface area contributed by atoms with E-state index in [1.807, 2.05) is 55.2 Å². The summed E-state index contributed by atoms with van der Waals surface area (Å²) in [6, 6.07) is 7.83. The number of nitrogens with one attached hydrogen (secondary N) is 1. The molecule has 1 N–H and O–H groups in total. The Balaban J connectivity index is 2.02. The Morgan fingerprint density at radius 2 is 1.75 bits per heavy atom. The van der Waals surface area contributed by atoms with Crippen molar-refractivity contribution in [1.82, 2.24) is 10.2 Å². The van der Waals surface area contributed by atoms with Crippen molar-refractivity contribution in [3.63, 3.8) is 0 Å². The number of piperidine rings is 1. The van der Waals surface area contributed by atoms with Crippen molar-refractivity contribution in [2.24, 2.45) is 0 Å². The van der Waals surface area contributed by atoms with Gasteiger partial charge in [0.25, 0.3) is 5.91 Å². The lowest BCUT2D eigenvalue weighted by Gasteiger charge is -2.39. The summed E-state index contributed by atoms with van der Waals surface area (Å²) in [7, 11) is 6.00. The lowest BCUT2D eigenvalue weighted by molar-refractivity contribution is 0.0662. The van der Waals surface area contributed by atoms with Gasteiger partial charge in [0.15, 0.2) is 0 Å². The van der Waals surface area contributed by atoms with E-state index in [2.05, 4.69) is 12.2 Å². The molecule has 1 aromatic rings. The fourth-order valence-corrected chi connectivity index (χ4v) is 2.54. The number of hydrogen-bond acceptors (Lipinski definition) is 3. The second-order valence-electron chi connectivity index (χ2n) is 6.04. The zero-order valence-electron chi connectivity index (χ0n) is 12.9. The Bertz CT molecular complexity index is 459. The first-order chi connectivity index (χ1) is 9.45. The molecule has 1 heterocycles. The first kappa shape index (κ1) is 14.9. The second-order valence-corrected chi connectivity index (χ2v) is 6.04. The molecule has 2 rings (SSSR count). The van der Waals surface area contributed by atoms with E-state index in [0.29, 0.717) is 0 Å². The molecular weight excluding hydrogens is 250 g/mol. The van der Waals surface area contributed by atoms with E-state index >= 15 is 0 Å². The Labute approximate surface area is 121 Å². The summed E-state index contributed by atoms with van der Waals surface area (Å²) in [6.07, 6.45) is 2.01. The van der Waals surface area contributed by atoms with Crippen LogP contribution in [0.25, 0.3) is 0 Å². The van der Waals surface area contributed by atoms with Crippen LogP contribution >= 0.6 is 0 Å². The van der Waals surface area contributed by atoms with Gasteiger partial charge < -0.3 is 15.1 Å². The molecule has 1 amide bonds. The average molecular weight is 275 g/mol. The maximum Gasteiger partial charge on any atom is 0.253 e. The van der Waals surface area contributed by atoms with Gasteiger partial charge in [-0.05, 0) is 51.1 Å². The zero-order valence-corrected chi connectivity index (χ0v) is 12.9. The Morgan fingerprint density at radius 3 is 2.20 bits per heavy atom. The molecule has 0 bridgehead atoms. The predicted molar refractivity (Wildman–Crippen MR) is 83.4 cm³/mol. The van der Waals surface area contributed by atoms with Crippen molar-refractivity contribution < 1.29 is 4.79 Å². The molecule has 110 valence electrons. The topological polar surface area (TPSA) is 35.6 Å². The SMILES string of the molecule is CNC1(C)CCN(C(=O)c2ccc(N(C)C)cc2)CC1. The van der Waals surface area contributed by atoms with Crippen LogP contribution in [0.4, 0.5) is 5.69 Å². The fraction of sp³-hybridized carbons (Fsp3) is 0.562. The Morgan fingerprint density at radius 1 is 1.20 bits per heavy atom. The predicted octanol–water partition coefficient (Wildman–Crippen LogP) is 1.97. The summed E-state index contributed by atoms with van der Waals surface area (Å²) in [5, 5.41) is 3.36. The lowest BCUT2D eigenvalue weighted by atomic mass is 9.89. The molecule has 1 saturated heterocycles. The van der Waals surface area contributed by atoms with Gasteiger partial charge in [-0.15, -0.1) is 0 Å². The highest BCUT2D eigenvalue weighted by molar-refractivity contribution is 5.94. The number of carbonyl (C=O) groups excluding carboxylic acids is 1. The lowest BCUT2D eigenvalue weighted by Crippen LogP contribution is -2.51. The van der Waals surface area contributed by atoms with E-state index in [-0.39, 0.29) is 11.4 Å². The summed E-state index contributed by atoms with van der Waals surface area (Å²) in [5.41, 5.74) is 2.07. The summed E-state index contributed by atoms with van der Waals surface area (Å²) in [6.45, 7) is 3.87. The molecule has 1 aromatic carbocycles. The summed E-state index contributed by atoms with van der Waals surface area (Å²) < 4.78 is 0. The Kier molecular flexibility index (Phi) is 4.33. The van der Waals surface area contributed by atoms with Crippen LogP contribution in [0.3, 0.4) is 0 Å². The highest BCUT2D eigenvalue weighted by Crippen LogP contribution is 2.23. The van der Waals surface area contributed by atoms with E-state index in [1.54, 1.807) is 0 Å². The first-order valence-electron chi connectivity index (χ1n) is 7.21. The van der Waals surface area contributed by atoms with Crippen LogP contribution in [0.5, 0.6) is 0 Å². The van der Waals surface area contributed by atoms with Crippen molar-refractivity contribution in [1.29, 1.82) is 0 Å². The summed E-state index contributed by atoms with van der Waals surface area (Å²) in [5.74, 6) is 0.147. The molecule has 0 aromatic heterocycles. The number of hydrogen-bond donors (Lipinski definition) is 1. The molecule has 20 heavy (non-hydrogen) atoms. The number of benzene rings is 1. The van der Waals surface area contributed by atoms with E-state index < -0.39 is 0 Å². The maximum atomic E-state index is 12.5. The number of anilines is 1. The highest BCUT2D eigenvalue weighted by atomic mass is 16.2. The van der Waals surface area contributed by atoms with E-state index in [1.165, 1.54) is 0 Å². The molecule has 0 atom stereocenters. The minimum absolute atomic E-state index is 0.147. The van der Waals surface area contributed by atoms with Gasteiger partial charge in [-0.3, -0.25) is 4.79 Å². The third kappa shape index (κ3) is 3.12. The zero-order chi connectivity index (χ0) is 14.8. The minimum Gasteiger partial charge on any atom is -0.378 e. The first-order valence-corrected chi connectivity index (χ1v) is 7.21. The standard InChI is InChI=1S/C16H25N3O/c1-16(17-2)9-11-19(12-10-16)15(20)13-5-7-14(8-6-13)18(3)4/h5-8,17H,9-12H2,1-4H3. The second kappa shape index (κ2) is 5.83. The molecule has 0 unspecified atom stereocenters. The van der Waals surface area contributed by atoms with Crippen LogP contribution in [0.15, 0.2) is 24.3 Å². The number of rotatable bonds is 3. The van der Waals surface area contributed by atoms with Crippen molar-refractivity contribution in [3.05, 3.63) is 29.8 Å². The van der Waals surface area contributed by atoms with Gasteiger partial charge in [-0.2, -0.15) is 0 Å². The summed E-state index contributed by atoms with van der Waals surface area (Å²) in [4.78, 5) is 16.5. The molecule has 4 heteroatoms. The molecule has 1 aliphatic heterocycles. The van der Waals surface area contributed by atoms with Crippen LogP contribution in [0, 0.1) is 0 Å². The minimum atomic E-state index is 0.147. The largest absolute Gasteiger partial charge is 0.378 e. The van der Waals surface area contributed by atoms with Crippen LogP contribution < -0.4 is 10.2 Å². The fourth-order valence-electron chi connectivity index (χ4n) is 2.54. The van der Waals surface area contributed by atoms with Gasteiger partial charge >= 0.3 is 0 Å². The molecule has 1 aliphatic rings. The molecule has 4 nitrogen and oxygen atoms in total. The van der Waals surface area contributed by atoms with E-state index in [9.17, 15) is 4.79 Å². The molecule has 0 spiro atoms. The molecule has 1 fully saturated rings. The molecule has 0 saturated carbocycles. The summed E-state index contributed by atoms with van der Waals surface area (Å²) >= 11 is 0. The van der Waals surface area contributed by atoms with Crippen LogP contribution in [-0.4, -0.2) is 50.6 Å². The van der Waals surface area contributed by atoms with Crippen LogP contribution in [0.2, 0.25) is 0 Å². The van der Waals surface area contributed by atoms with Crippen molar-refractivity contribution in [2.75, 3.05) is 39.1 Å². The van der Waals surface area contributed by atoms with E-state index in [4.69, 9.17) is 0 Å². The van der Waals surface area contributed by atoms with Crippen molar-refractivity contribution >= 4 is 11.6 Å². The van der Waals surface area contributed by atoms with Gasteiger partial charge in [-0.1, -0.05) is 0 Å². The third-order valence-corrected chi connectivity index (χ3v) is 4.39.